The van der Waals surface area contributed by atoms with E-state index in [0.29, 0.717) is 18.4 Å². The Hall–Kier alpha value is -0.610. The lowest BCUT2D eigenvalue weighted by atomic mass is 9.84. The third-order valence-electron chi connectivity index (χ3n) is 4.11. The highest BCUT2D eigenvalue weighted by molar-refractivity contribution is 5.76. The first-order valence-electron chi connectivity index (χ1n) is 7.44. The monoisotopic (exact) mass is 270 g/mol. The highest BCUT2D eigenvalue weighted by Gasteiger charge is 2.22. The molecule has 1 saturated carbocycles. The van der Waals surface area contributed by atoms with Gasteiger partial charge >= 0.3 is 0 Å². The number of hydrogen-bond donors (Lipinski definition) is 2. The Morgan fingerprint density at radius 3 is 2.53 bits per heavy atom. The largest absolute Gasteiger partial charge is 0.385 e. The van der Waals surface area contributed by atoms with Crippen molar-refractivity contribution in [2.45, 2.75) is 58.4 Å². The van der Waals surface area contributed by atoms with Crippen molar-refractivity contribution in [3.8, 4) is 0 Å². The molecule has 0 spiro atoms. The molecule has 4 heteroatoms. The van der Waals surface area contributed by atoms with Crippen molar-refractivity contribution < 1.29 is 9.53 Å². The zero-order chi connectivity index (χ0) is 14.3. The van der Waals surface area contributed by atoms with Crippen LogP contribution in [0.3, 0.4) is 0 Å². The van der Waals surface area contributed by atoms with E-state index in [1.54, 1.807) is 7.11 Å². The minimum Gasteiger partial charge on any atom is -0.385 e. The summed E-state index contributed by atoms with van der Waals surface area (Å²) in [4.78, 5) is 11.9. The van der Waals surface area contributed by atoms with Crippen LogP contribution in [0.2, 0.25) is 0 Å². The smallest absolute Gasteiger partial charge is 0.220 e. The number of carbonyl (C=O) groups is 1. The summed E-state index contributed by atoms with van der Waals surface area (Å²) < 4.78 is 5.09. The van der Waals surface area contributed by atoms with Crippen LogP contribution in [0, 0.1) is 11.3 Å². The lowest BCUT2D eigenvalue weighted by molar-refractivity contribution is -0.122. The van der Waals surface area contributed by atoms with Crippen LogP contribution in [0.5, 0.6) is 0 Å². The molecule has 0 radical (unpaired) electrons. The van der Waals surface area contributed by atoms with Crippen molar-refractivity contribution in [3.63, 3.8) is 0 Å². The number of nitrogens with one attached hydrogen (secondary N) is 1. The van der Waals surface area contributed by atoms with Crippen LogP contribution in [-0.2, 0) is 9.53 Å². The molecule has 1 fully saturated rings. The van der Waals surface area contributed by atoms with Crippen LogP contribution >= 0.6 is 0 Å². The maximum atomic E-state index is 11.9. The van der Waals surface area contributed by atoms with E-state index in [1.807, 2.05) is 0 Å². The average molecular weight is 270 g/mol. The van der Waals surface area contributed by atoms with Gasteiger partial charge in [0, 0.05) is 32.7 Å². The molecular weight excluding hydrogens is 240 g/mol. The van der Waals surface area contributed by atoms with Crippen molar-refractivity contribution in [3.05, 3.63) is 0 Å². The van der Waals surface area contributed by atoms with Gasteiger partial charge in [0.25, 0.3) is 0 Å². The Morgan fingerprint density at radius 2 is 1.95 bits per heavy atom. The standard InChI is InChI=1S/C15H30N2O2/c1-15(2,8-9-19-3)11-17-14(18)10-12-4-6-13(16)7-5-12/h12-13H,4-11,16H2,1-3H3,(H,17,18). The number of methoxy groups -OCH3 is 1. The molecule has 1 aliphatic rings. The van der Waals surface area contributed by atoms with Gasteiger partial charge < -0.3 is 15.8 Å². The van der Waals surface area contributed by atoms with Crippen LogP contribution in [0.1, 0.15) is 52.4 Å². The van der Waals surface area contributed by atoms with Crippen molar-refractivity contribution in [2.24, 2.45) is 17.1 Å². The fourth-order valence-corrected chi connectivity index (χ4v) is 2.53. The lowest BCUT2D eigenvalue weighted by Crippen LogP contribution is -2.36. The predicted molar refractivity (Wildman–Crippen MR) is 77.8 cm³/mol. The molecule has 0 saturated heterocycles. The topological polar surface area (TPSA) is 64.3 Å². The van der Waals surface area contributed by atoms with E-state index < -0.39 is 0 Å². The maximum Gasteiger partial charge on any atom is 0.220 e. The molecule has 1 rings (SSSR count). The van der Waals surface area contributed by atoms with Crippen molar-refractivity contribution in [1.29, 1.82) is 0 Å². The molecule has 0 bridgehead atoms. The first kappa shape index (κ1) is 16.4. The van der Waals surface area contributed by atoms with E-state index in [9.17, 15) is 4.79 Å². The summed E-state index contributed by atoms with van der Waals surface area (Å²) in [5.41, 5.74) is 5.98. The number of rotatable bonds is 7. The molecule has 0 aromatic carbocycles. The Labute approximate surface area is 117 Å². The molecular formula is C15H30N2O2. The number of hydrogen-bond acceptors (Lipinski definition) is 3. The van der Waals surface area contributed by atoms with Crippen molar-refractivity contribution in [1.82, 2.24) is 5.32 Å². The van der Waals surface area contributed by atoms with E-state index >= 15 is 0 Å². The number of carbonyl (C=O) groups excluding carboxylic acids is 1. The fourth-order valence-electron chi connectivity index (χ4n) is 2.53. The van der Waals surface area contributed by atoms with Gasteiger partial charge in [0.15, 0.2) is 0 Å². The Balaban J connectivity index is 2.20. The van der Waals surface area contributed by atoms with E-state index in [1.165, 1.54) is 0 Å². The van der Waals surface area contributed by atoms with Gasteiger partial charge in [0.05, 0.1) is 0 Å². The van der Waals surface area contributed by atoms with Gasteiger partial charge in [-0.25, -0.2) is 0 Å². The summed E-state index contributed by atoms with van der Waals surface area (Å²) in [6.07, 6.45) is 5.95. The van der Waals surface area contributed by atoms with Gasteiger partial charge in [-0.1, -0.05) is 13.8 Å². The van der Waals surface area contributed by atoms with Gasteiger partial charge in [-0.2, -0.15) is 0 Å². The predicted octanol–water partition coefficient (Wildman–Crippen LogP) is 2.07. The SMILES string of the molecule is COCCC(C)(C)CNC(=O)CC1CCC(N)CC1. The minimum atomic E-state index is 0.0978. The van der Waals surface area contributed by atoms with E-state index in [0.717, 1.165) is 45.3 Å². The molecule has 3 N–H and O–H groups in total. The number of amides is 1. The van der Waals surface area contributed by atoms with Gasteiger partial charge in [0.1, 0.15) is 0 Å². The Bertz CT molecular complexity index is 271. The van der Waals surface area contributed by atoms with Crippen LogP contribution in [0.4, 0.5) is 0 Å². The molecule has 1 aliphatic carbocycles. The molecule has 19 heavy (non-hydrogen) atoms. The van der Waals surface area contributed by atoms with Crippen LogP contribution in [0.15, 0.2) is 0 Å². The van der Waals surface area contributed by atoms with Crippen molar-refractivity contribution >= 4 is 5.91 Å². The first-order valence-corrected chi connectivity index (χ1v) is 7.44. The van der Waals surface area contributed by atoms with Gasteiger partial charge in [-0.05, 0) is 43.4 Å². The maximum absolute atomic E-state index is 11.9. The van der Waals surface area contributed by atoms with Gasteiger partial charge in [0.2, 0.25) is 5.91 Å². The average Bonchev–Trinajstić information content (AvgIpc) is 2.37. The zero-order valence-corrected chi connectivity index (χ0v) is 12.7. The zero-order valence-electron chi connectivity index (χ0n) is 12.7. The minimum absolute atomic E-state index is 0.0978. The highest BCUT2D eigenvalue weighted by Crippen LogP contribution is 2.26. The molecule has 0 heterocycles. The molecule has 4 nitrogen and oxygen atoms in total. The van der Waals surface area contributed by atoms with Gasteiger partial charge in [-0.3, -0.25) is 4.79 Å². The number of nitrogens with two attached hydrogens (primary N) is 1. The van der Waals surface area contributed by atoms with Crippen molar-refractivity contribution in [2.75, 3.05) is 20.3 Å². The molecule has 0 unspecified atom stereocenters. The van der Waals surface area contributed by atoms with Gasteiger partial charge in [-0.15, -0.1) is 0 Å². The second kappa shape index (κ2) is 7.85. The van der Waals surface area contributed by atoms with E-state index in [-0.39, 0.29) is 11.3 Å². The summed E-state index contributed by atoms with van der Waals surface area (Å²) in [7, 11) is 1.71. The molecule has 1 amide bonds. The Kier molecular flexibility index (Phi) is 6.80. The highest BCUT2D eigenvalue weighted by atomic mass is 16.5. The molecule has 0 aromatic rings. The van der Waals surface area contributed by atoms with Crippen LogP contribution in [0.25, 0.3) is 0 Å². The normalized spacial score (nSPS) is 24.2. The lowest BCUT2D eigenvalue weighted by Gasteiger charge is -2.27. The summed E-state index contributed by atoms with van der Waals surface area (Å²) in [6.45, 7) is 5.78. The number of ether oxygens (including phenoxy) is 1. The summed E-state index contributed by atoms with van der Waals surface area (Å²) in [5, 5.41) is 3.06. The summed E-state index contributed by atoms with van der Waals surface area (Å²) >= 11 is 0. The van der Waals surface area contributed by atoms with E-state index in [4.69, 9.17) is 10.5 Å². The van der Waals surface area contributed by atoms with Crippen LogP contribution in [-0.4, -0.2) is 32.2 Å². The second-order valence-electron chi connectivity index (χ2n) is 6.67. The summed E-state index contributed by atoms with van der Waals surface area (Å²) in [5.74, 6) is 0.716. The second-order valence-corrected chi connectivity index (χ2v) is 6.67. The summed E-state index contributed by atoms with van der Waals surface area (Å²) in [6, 6.07) is 0.354. The van der Waals surface area contributed by atoms with E-state index in [2.05, 4.69) is 19.2 Å². The fraction of sp³-hybridized carbons (Fsp3) is 0.933. The van der Waals surface area contributed by atoms with Crippen LogP contribution < -0.4 is 11.1 Å². The third kappa shape index (κ3) is 6.92. The molecule has 112 valence electrons. The third-order valence-corrected chi connectivity index (χ3v) is 4.11. The Morgan fingerprint density at radius 1 is 1.32 bits per heavy atom. The molecule has 0 aliphatic heterocycles. The molecule has 0 aromatic heterocycles. The molecule has 0 atom stereocenters. The quantitative estimate of drug-likeness (QED) is 0.744. The first-order chi connectivity index (χ1) is 8.93.